The Morgan fingerprint density at radius 3 is 2.73 bits per heavy atom. The standard InChI is InChI=1S/C23H23N3O4/c1-3-30-23(29)20-12-17(14-25(20)2)24-22(28)16-11-21(27)26(13-16)19-10-6-8-15-7-4-5-9-18(15)19/h4-10,12,14,16H,3,11,13H2,1-2H3,(H,24,28)/t16-/m1/s1. The number of nitrogens with zero attached hydrogens (tertiary/aromatic N) is 2. The summed E-state index contributed by atoms with van der Waals surface area (Å²) >= 11 is 0. The second-order valence-corrected chi connectivity index (χ2v) is 7.34. The van der Waals surface area contributed by atoms with Crippen molar-refractivity contribution >= 4 is 39.9 Å². The molecule has 3 aromatic rings. The van der Waals surface area contributed by atoms with E-state index in [9.17, 15) is 14.4 Å². The van der Waals surface area contributed by atoms with Crippen molar-refractivity contribution in [1.29, 1.82) is 0 Å². The molecule has 7 heteroatoms. The van der Waals surface area contributed by atoms with E-state index in [1.807, 2.05) is 42.5 Å². The normalized spacial score (nSPS) is 16.1. The number of fused-ring (bicyclic) bond motifs is 1. The zero-order valence-electron chi connectivity index (χ0n) is 16.9. The predicted molar refractivity (Wildman–Crippen MR) is 114 cm³/mol. The molecular weight excluding hydrogens is 382 g/mol. The summed E-state index contributed by atoms with van der Waals surface area (Å²) in [6.45, 7) is 2.33. The van der Waals surface area contributed by atoms with Crippen LogP contribution in [0.25, 0.3) is 10.8 Å². The number of rotatable bonds is 5. The minimum Gasteiger partial charge on any atom is -0.461 e. The highest BCUT2D eigenvalue weighted by atomic mass is 16.5. The average Bonchev–Trinajstić information content (AvgIpc) is 3.30. The summed E-state index contributed by atoms with van der Waals surface area (Å²) in [6, 6.07) is 15.3. The van der Waals surface area contributed by atoms with Gasteiger partial charge in [0.15, 0.2) is 0 Å². The lowest BCUT2D eigenvalue weighted by Crippen LogP contribution is -2.28. The number of aryl methyl sites for hydroxylation is 1. The van der Waals surface area contributed by atoms with Crippen molar-refractivity contribution in [2.24, 2.45) is 13.0 Å². The zero-order chi connectivity index (χ0) is 21.3. The summed E-state index contributed by atoms with van der Waals surface area (Å²) in [5.41, 5.74) is 1.67. The van der Waals surface area contributed by atoms with Gasteiger partial charge in [-0.15, -0.1) is 0 Å². The summed E-state index contributed by atoms with van der Waals surface area (Å²) in [5, 5.41) is 4.86. The number of benzene rings is 2. The number of aromatic nitrogens is 1. The Labute approximate surface area is 174 Å². The van der Waals surface area contributed by atoms with E-state index >= 15 is 0 Å². The molecule has 0 aliphatic carbocycles. The summed E-state index contributed by atoms with van der Waals surface area (Å²) in [4.78, 5) is 39.1. The molecule has 1 N–H and O–H groups in total. The number of nitrogens with one attached hydrogen (secondary N) is 1. The van der Waals surface area contributed by atoms with Crippen LogP contribution in [0.2, 0.25) is 0 Å². The lowest BCUT2D eigenvalue weighted by atomic mass is 10.1. The van der Waals surface area contributed by atoms with Crippen LogP contribution in [0.4, 0.5) is 11.4 Å². The van der Waals surface area contributed by atoms with Crippen LogP contribution in [0, 0.1) is 5.92 Å². The number of amides is 2. The fraction of sp³-hybridized carbons (Fsp3) is 0.261. The third-order valence-electron chi connectivity index (χ3n) is 5.31. The first-order valence-electron chi connectivity index (χ1n) is 9.90. The van der Waals surface area contributed by atoms with Crippen LogP contribution >= 0.6 is 0 Å². The second-order valence-electron chi connectivity index (χ2n) is 7.34. The number of hydrogen-bond acceptors (Lipinski definition) is 4. The Bertz CT molecular complexity index is 1130. The zero-order valence-corrected chi connectivity index (χ0v) is 16.9. The minimum absolute atomic E-state index is 0.0771. The van der Waals surface area contributed by atoms with Gasteiger partial charge in [-0.05, 0) is 24.4 Å². The maximum absolute atomic E-state index is 12.8. The van der Waals surface area contributed by atoms with E-state index in [2.05, 4.69) is 5.32 Å². The van der Waals surface area contributed by atoms with Crippen LogP contribution in [0.3, 0.4) is 0 Å². The molecule has 154 valence electrons. The fourth-order valence-corrected chi connectivity index (χ4v) is 3.84. The molecule has 0 unspecified atom stereocenters. The Kier molecular flexibility index (Phi) is 5.27. The van der Waals surface area contributed by atoms with Gasteiger partial charge >= 0.3 is 5.97 Å². The molecule has 0 spiro atoms. The lowest BCUT2D eigenvalue weighted by Gasteiger charge is -2.19. The third-order valence-corrected chi connectivity index (χ3v) is 5.31. The number of carbonyl (C=O) groups excluding carboxylic acids is 3. The minimum atomic E-state index is -0.470. The van der Waals surface area contributed by atoms with E-state index in [0.717, 1.165) is 16.5 Å². The Morgan fingerprint density at radius 2 is 1.93 bits per heavy atom. The third kappa shape index (κ3) is 3.66. The van der Waals surface area contributed by atoms with Crippen molar-refractivity contribution < 1.29 is 19.1 Å². The van der Waals surface area contributed by atoms with E-state index in [-0.39, 0.29) is 24.8 Å². The predicted octanol–water partition coefficient (Wildman–Crippen LogP) is 3.35. The van der Waals surface area contributed by atoms with Crippen molar-refractivity contribution in [2.45, 2.75) is 13.3 Å². The molecule has 0 bridgehead atoms. The summed E-state index contributed by atoms with van der Waals surface area (Å²) in [7, 11) is 1.71. The highest BCUT2D eigenvalue weighted by molar-refractivity contribution is 6.08. The van der Waals surface area contributed by atoms with Gasteiger partial charge < -0.3 is 19.5 Å². The van der Waals surface area contributed by atoms with Gasteiger partial charge in [-0.25, -0.2) is 4.79 Å². The maximum Gasteiger partial charge on any atom is 0.355 e. The molecule has 4 rings (SSSR count). The van der Waals surface area contributed by atoms with Crippen LogP contribution in [-0.4, -0.2) is 35.5 Å². The van der Waals surface area contributed by atoms with Gasteiger partial charge in [0.2, 0.25) is 11.8 Å². The van der Waals surface area contributed by atoms with Crippen LogP contribution in [-0.2, 0) is 21.4 Å². The molecule has 2 heterocycles. The monoisotopic (exact) mass is 405 g/mol. The van der Waals surface area contributed by atoms with Crippen molar-refractivity contribution in [3.63, 3.8) is 0 Å². The molecule has 1 saturated heterocycles. The molecule has 1 aliphatic rings. The van der Waals surface area contributed by atoms with E-state index in [0.29, 0.717) is 17.9 Å². The van der Waals surface area contributed by atoms with Crippen LogP contribution in [0.1, 0.15) is 23.8 Å². The largest absolute Gasteiger partial charge is 0.461 e. The molecule has 0 saturated carbocycles. The quantitative estimate of drug-likeness (QED) is 0.660. The lowest BCUT2D eigenvalue weighted by molar-refractivity contribution is -0.122. The molecule has 7 nitrogen and oxygen atoms in total. The summed E-state index contributed by atoms with van der Waals surface area (Å²) in [6.07, 6.45) is 1.80. The molecule has 30 heavy (non-hydrogen) atoms. The van der Waals surface area contributed by atoms with Crippen LogP contribution < -0.4 is 10.2 Å². The van der Waals surface area contributed by atoms with Gasteiger partial charge in [0.05, 0.1) is 23.9 Å². The first-order valence-corrected chi connectivity index (χ1v) is 9.90. The topological polar surface area (TPSA) is 80.6 Å². The molecule has 1 aromatic heterocycles. The van der Waals surface area contributed by atoms with Crippen LogP contribution in [0.15, 0.2) is 54.7 Å². The molecular formula is C23H23N3O4. The van der Waals surface area contributed by atoms with Gasteiger partial charge in [-0.2, -0.15) is 0 Å². The van der Waals surface area contributed by atoms with Crippen molar-refractivity contribution in [3.8, 4) is 0 Å². The van der Waals surface area contributed by atoms with Gasteiger partial charge in [0.1, 0.15) is 5.69 Å². The van der Waals surface area contributed by atoms with Gasteiger partial charge in [-0.1, -0.05) is 36.4 Å². The molecule has 0 radical (unpaired) electrons. The van der Waals surface area contributed by atoms with Crippen molar-refractivity contribution in [1.82, 2.24) is 4.57 Å². The number of carbonyl (C=O) groups is 3. The first kappa shape index (κ1) is 19.7. The Hall–Kier alpha value is -3.61. The molecule has 2 amide bonds. The summed E-state index contributed by atoms with van der Waals surface area (Å²) < 4.78 is 6.62. The van der Waals surface area contributed by atoms with Crippen molar-refractivity contribution in [3.05, 3.63) is 60.4 Å². The van der Waals surface area contributed by atoms with Gasteiger partial charge in [0.25, 0.3) is 0 Å². The average molecular weight is 405 g/mol. The van der Waals surface area contributed by atoms with Crippen molar-refractivity contribution in [2.75, 3.05) is 23.4 Å². The highest BCUT2D eigenvalue weighted by Crippen LogP contribution is 2.32. The van der Waals surface area contributed by atoms with E-state index in [4.69, 9.17) is 4.74 Å². The molecule has 2 aromatic carbocycles. The number of ether oxygens (including phenoxy) is 1. The Morgan fingerprint density at radius 1 is 1.17 bits per heavy atom. The smallest absolute Gasteiger partial charge is 0.355 e. The van der Waals surface area contributed by atoms with E-state index in [1.54, 1.807) is 35.7 Å². The molecule has 1 fully saturated rings. The van der Waals surface area contributed by atoms with E-state index < -0.39 is 11.9 Å². The SMILES string of the molecule is CCOC(=O)c1cc(NC(=O)[C@@H]2CC(=O)N(c3cccc4ccccc34)C2)cn1C. The second kappa shape index (κ2) is 8.02. The number of hydrogen-bond donors (Lipinski definition) is 1. The van der Waals surface area contributed by atoms with E-state index in [1.165, 1.54) is 0 Å². The highest BCUT2D eigenvalue weighted by Gasteiger charge is 2.36. The fourth-order valence-electron chi connectivity index (χ4n) is 3.84. The first-order chi connectivity index (χ1) is 14.5. The molecule has 1 atom stereocenters. The number of esters is 1. The summed E-state index contributed by atoms with van der Waals surface area (Å²) in [5.74, 6) is -1.24. The van der Waals surface area contributed by atoms with Crippen LogP contribution in [0.5, 0.6) is 0 Å². The molecule has 1 aliphatic heterocycles. The Balaban J connectivity index is 1.50. The van der Waals surface area contributed by atoms with Gasteiger partial charge in [-0.3, -0.25) is 9.59 Å². The maximum atomic E-state index is 12.8. The number of anilines is 2. The van der Waals surface area contributed by atoms with Gasteiger partial charge in [0, 0.05) is 31.6 Å².